The van der Waals surface area contributed by atoms with Gasteiger partial charge in [-0.05, 0) is 6.07 Å². The summed E-state index contributed by atoms with van der Waals surface area (Å²) in [6.45, 7) is 0. The van der Waals surface area contributed by atoms with E-state index in [1.165, 1.54) is 6.20 Å². The minimum atomic E-state index is -2.52. The van der Waals surface area contributed by atoms with Crippen LogP contribution >= 0.6 is 34.8 Å². The fourth-order valence-electron chi connectivity index (χ4n) is 1.39. The smallest absolute Gasteiger partial charge is 0.276 e. The van der Waals surface area contributed by atoms with Gasteiger partial charge in [-0.2, -0.15) is 5.10 Å². The van der Waals surface area contributed by atoms with E-state index in [0.29, 0.717) is 16.1 Å². The predicted octanol–water partition coefficient (Wildman–Crippen LogP) is 4.29. The summed E-state index contributed by atoms with van der Waals surface area (Å²) in [7, 11) is 0. The van der Waals surface area contributed by atoms with Crippen molar-refractivity contribution >= 4 is 34.8 Å². The van der Waals surface area contributed by atoms with Crippen molar-refractivity contribution in [2.75, 3.05) is 0 Å². The number of benzene rings is 1. The number of hydrogen-bond donors (Lipinski definition) is 1. The molecule has 0 bridgehead atoms. The second-order valence-electron chi connectivity index (χ2n) is 3.14. The van der Waals surface area contributed by atoms with E-state index in [2.05, 4.69) is 10.2 Å². The molecule has 0 aliphatic carbocycles. The number of aromatic nitrogens is 2. The Morgan fingerprint density at radius 2 is 1.88 bits per heavy atom. The number of nitrogens with zero attached hydrogens (tertiary/aromatic N) is 1. The summed E-state index contributed by atoms with van der Waals surface area (Å²) in [4.78, 5) is 0. The SMILES string of the molecule is FC(Cl)(Cl)c1[nH]ncc1-c1ccccc1Cl. The van der Waals surface area contributed by atoms with Crippen LogP contribution in [0.4, 0.5) is 4.39 Å². The first-order valence-electron chi connectivity index (χ1n) is 4.35. The highest BCUT2D eigenvalue weighted by Gasteiger charge is 2.31. The Kier molecular flexibility index (Phi) is 3.10. The normalized spacial score (nSPS) is 11.8. The molecule has 0 amide bonds. The summed E-state index contributed by atoms with van der Waals surface area (Å²) in [6, 6.07) is 6.97. The molecule has 2 rings (SSSR count). The number of aromatic amines is 1. The third-order valence-corrected chi connectivity index (χ3v) is 2.79. The van der Waals surface area contributed by atoms with Crippen molar-refractivity contribution in [3.63, 3.8) is 0 Å². The Hall–Kier alpha value is -0.770. The Morgan fingerprint density at radius 1 is 1.19 bits per heavy atom. The maximum absolute atomic E-state index is 13.4. The van der Waals surface area contributed by atoms with Gasteiger partial charge in [0.25, 0.3) is 4.59 Å². The van der Waals surface area contributed by atoms with E-state index in [1.807, 2.05) is 0 Å². The zero-order valence-corrected chi connectivity index (χ0v) is 10.1. The largest absolute Gasteiger partial charge is 0.300 e. The van der Waals surface area contributed by atoms with Crippen LogP contribution in [0.2, 0.25) is 5.02 Å². The molecule has 2 aromatic rings. The van der Waals surface area contributed by atoms with Crippen LogP contribution in [0.1, 0.15) is 5.69 Å². The highest BCUT2D eigenvalue weighted by molar-refractivity contribution is 6.47. The summed E-state index contributed by atoms with van der Waals surface area (Å²) in [6.07, 6.45) is 1.43. The molecule has 0 aliphatic heterocycles. The maximum Gasteiger partial charge on any atom is 0.300 e. The number of H-pyrrole nitrogens is 1. The fourth-order valence-corrected chi connectivity index (χ4v) is 1.91. The molecule has 0 unspecified atom stereocenters. The van der Waals surface area contributed by atoms with Gasteiger partial charge >= 0.3 is 0 Å². The van der Waals surface area contributed by atoms with Gasteiger partial charge in [0, 0.05) is 16.1 Å². The van der Waals surface area contributed by atoms with Crippen molar-refractivity contribution in [2.45, 2.75) is 4.59 Å². The third kappa shape index (κ3) is 2.17. The first-order valence-corrected chi connectivity index (χ1v) is 5.49. The van der Waals surface area contributed by atoms with Gasteiger partial charge in [0.15, 0.2) is 0 Å². The van der Waals surface area contributed by atoms with Crippen LogP contribution in [0.3, 0.4) is 0 Å². The van der Waals surface area contributed by atoms with Crippen molar-refractivity contribution in [1.29, 1.82) is 0 Å². The molecule has 1 N–H and O–H groups in total. The summed E-state index contributed by atoms with van der Waals surface area (Å²) >= 11 is 16.8. The third-order valence-electron chi connectivity index (χ3n) is 2.09. The number of hydrogen-bond acceptors (Lipinski definition) is 1. The molecule has 0 aliphatic rings. The van der Waals surface area contributed by atoms with Gasteiger partial charge in [0.2, 0.25) is 0 Å². The molecule has 6 heteroatoms. The number of rotatable bonds is 2. The average Bonchev–Trinajstić information content (AvgIpc) is 2.66. The van der Waals surface area contributed by atoms with Gasteiger partial charge in [-0.1, -0.05) is 53.0 Å². The number of nitrogens with one attached hydrogen (secondary N) is 1. The average molecular weight is 280 g/mol. The van der Waals surface area contributed by atoms with E-state index in [9.17, 15) is 4.39 Å². The van der Waals surface area contributed by atoms with E-state index in [4.69, 9.17) is 34.8 Å². The molecule has 0 fully saturated rings. The van der Waals surface area contributed by atoms with Crippen LogP contribution in [0.25, 0.3) is 11.1 Å². The van der Waals surface area contributed by atoms with Gasteiger partial charge in [-0.15, -0.1) is 0 Å². The molecule has 0 spiro atoms. The van der Waals surface area contributed by atoms with Crippen LogP contribution in [-0.4, -0.2) is 10.2 Å². The predicted molar refractivity (Wildman–Crippen MR) is 63.5 cm³/mol. The molecule has 1 heterocycles. The van der Waals surface area contributed by atoms with Crippen molar-refractivity contribution in [1.82, 2.24) is 10.2 Å². The summed E-state index contributed by atoms with van der Waals surface area (Å²) in [5.41, 5.74) is 1.04. The Morgan fingerprint density at radius 3 is 2.50 bits per heavy atom. The zero-order valence-electron chi connectivity index (χ0n) is 7.85. The first kappa shape index (κ1) is 11.7. The minimum Gasteiger partial charge on any atom is -0.276 e. The second-order valence-corrected chi connectivity index (χ2v) is 4.78. The van der Waals surface area contributed by atoms with Gasteiger partial charge < -0.3 is 0 Å². The van der Waals surface area contributed by atoms with Crippen LogP contribution in [-0.2, 0) is 4.59 Å². The van der Waals surface area contributed by atoms with Crippen LogP contribution in [0.15, 0.2) is 30.5 Å². The van der Waals surface area contributed by atoms with Crippen LogP contribution in [0, 0.1) is 0 Å². The van der Waals surface area contributed by atoms with E-state index in [-0.39, 0.29) is 5.69 Å². The molecule has 1 aromatic carbocycles. The van der Waals surface area contributed by atoms with E-state index >= 15 is 0 Å². The Balaban J connectivity index is 2.58. The van der Waals surface area contributed by atoms with Gasteiger partial charge in [0.1, 0.15) is 5.69 Å². The number of halogens is 4. The summed E-state index contributed by atoms with van der Waals surface area (Å²) in [5.74, 6) is 0. The van der Waals surface area contributed by atoms with Crippen molar-refractivity contribution in [2.24, 2.45) is 0 Å². The van der Waals surface area contributed by atoms with Crippen molar-refractivity contribution < 1.29 is 4.39 Å². The minimum absolute atomic E-state index is 0.0241. The quantitative estimate of drug-likeness (QED) is 0.816. The molecule has 16 heavy (non-hydrogen) atoms. The summed E-state index contributed by atoms with van der Waals surface area (Å²) in [5, 5.41) is 6.61. The van der Waals surface area contributed by atoms with E-state index < -0.39 is 4.59 Å². The van der Waals surface area contributed by atoms with Crippen molar-refractivity contribution in [3.8, 4) is 11.1 Å². The molecule has 1 aromatic heterocycles. The fraction of sp³-hybridized carbons (Fsp3) is 0.100. The molecular weight excluding hydrogens is 273 g/mol. The molecule has 0 radical (unpaired) electrons. The van der Waals surface area contributed by atoms with Gasteiger partial charge in [-0.3, -0.25) is 5.10 Å². The van der Waals surface area contributed by atoms with Crippen LogP contribution < -0.4 is 0 Å². The second kappa shape index (κ2) is 4.24. The number of alkyl halides is 3. The monoisotopic (exact) mass is 278 g/mol. The highest BCUT2D eigenvalue weighted by atomic mass is 35.5. The lowest BCUT2D eigenvalue weighted by atomic mass is 10.1. The molecule has 0 saturated heterocycles. The Labute approximate surface area is 106 Å². The lowest BCUT2D eigenvalue weighted by Gasteiger charge is -2.10. The molecule has 84 valence electrons. The topological polar surface area (TPSA) is 28.7 Å². The molecular formula is C10H6Cl3FN2. The van der Waals surface area contributed by atoms with Gasteiger partial charge in [-0.25, -0.2) is 4.39 Å². The Bertz CT molecular complexity index is 505. The molecule has 0 saturated carbocycles. The first-order chi connectivity index (χ1) is 7.50. The summed E-state index contributed by atoms with van der Waals surface area (Å²) < 4.78 is 10.9. The molecule has 2 nitrogen and oxygen atoms in total. The van der Waals surface area contributed by atoms with E-state index in [0.717, 1.165) is 0 Å². The van der Waals surface area contributed by atoms with Crippen LogP contribution in [0.5, 0.6) is 0 Å². The lowest BCUT2D eigenvalue weighted by molar-refractivity contribution is 0.396. The highest BCUT2D eigenvalue weighted by Crippen LogP contribution is 2.41. The van der Waals surface area contributed by atoms with E-state index in [1.54, 1.807) is 24.3 Å². The van der Waals surface area contributed by atoms with Crippen molar-refractivity contribution in [3.05, 3.63) is 41.2 Å². The lowest BCUT2D eigenvalue weighted by Crippen LogP contribution is -2.04. The van der Waals surface area contributed by atoms with Gasteiger partial charge in [0.05, 0.1) is 6.20 Å². The standard InChI is InChI=1S/C10H6Cl3FN2/c11-8-4-2-1-3-6(8)7-5-15-16-9(7)10(12,13)14/h1-5H,(H,15,16). The zero-order chi connectivity index (χ0) is 11.8. The maximum atomic E-state index is 13.4. The molecule has 0 atom stereocenters.